The first-order valence-electron chi connectivity index (χ1n) is 7.01. The Morgan fingerprint density at radius 2 is 2.00 bits per heavy atom. The van der Waals surface area contributed by atoms with Gasteiger partial charge in [-0.2, -0.15) is 0 Å². The summed E-state index contributed by atoms with van der Waals surface area (Å²) in [6.07, 6.45) is 2.09. The number of β-amino-alcohol motifs (C(OH)–C–C–N with tert-alkyl or cyclic N) is 1. The predicted molar refractivity (Wildman–Crippen MR) is 74.7 cm³/mol. The van der Waals surface area contributed by atoms with E-state index in [0.29, 0.717) is 24.8 Å². The van der Waals surface area contributed by atoms with Gasteiger partial charge in [0.05, 0.1) is 18.7 Å². The Labute approximate surface area is 122 Å². The second-order valence-corrected chi connectivity index (χ2v) is 5.78. The zero-order valence-corrected chi connectivity index (χ0v) is 11.6. The Morgan fingerprint density at radius 3 is 2.62 bits per heavy atom. The fraction of sp³-hybridized carbons (Fsp3) is 0.467. The quantitative estimate of drug-likeness (QED) is 0.807. The van der Waals surface area contributed by atoms with Crippen molar-refractivity contribution in [3.8, 4) is 5.75 Å². The minimum absolute atomic E-state index is 0.162. The van der Waals surface area contributed by atoms with E-state index in [1.807, 2.05) is 0 Å². The van der Waals surface area contributed by atoms with Crippen LogP contribution in [0, 0.1) is 5.92 Å². The van der Waals surface area contributed by atoms with Gasteiger partial charge in [-0.05, 0) is 30.9 Å². The van der Waals surface area contributed by atoms with Crippen molar-refractivity contribution in [2.45, 2.75) is 18.4 Å². The van der Waals surface area contributed by atoms with E-state index in [1.165, 1.54) is 0 Å². The molecule has 1 heterocycles. The van der Waals surface area contributed by atoms with Gasteiger partial charge in [0, 0.05) is 0 Å². The number of carbonyl (C=O) groups excluding carboxylic acids is 2. The largest absolute Gasteiger partial charge is 0.483 e. The van der Waals surface area contributed by atoms with Gasteiger partial charge in [-0.25, -0.2) is 0 Å². The van der Waals surface area contributed by atoms with E-state index in [0.717, 1.165) is 12.8 Å². The van der Waals surface area contributed by atoms with Crippen molar-refractivity contribution in [3.63, 3.8) is 0 Å². The molecule has 6 nitrogen and oxygen atoms in total. The van der Waals surface area contributed by atoms with Crippen LogP contribution in [0.4, 0.5) is 0 Å². The summed E-state index contributed by atoms with van der Waals surface area (Å²) >= 11 is 0. The Bertz CT molecular complexity index is 577. The van der Waals surface area contributed by atoms with Gasteiger partial charge >= 0.3 is 0 Å². The molecule has 0 unspecified atom stereocenters. The van der Waals surface area contributed by atoms with Crippen LogP contribution in [0.1, 0.15) is 23.2 Å². The van der Waals surface area contributed by atoms with Gasteiger partial charge < -0.3 is 20.5 Å². The van der Waals surface area contributed by atoms with Crippen molar-refractivity contribution in [2.24, 2.45) is 11.7 Å². The lowest BCUT2D eigenvalue weighted by Crippen LogP contribution is -2.65. The highest BCUT2D eigenvalue weighted by Crippen LogP contribution is 2.44. The zero-order chi connectivity index (χ0) is 15.0. The van der Waals surface area contributed by atoms with E-state index < -0.39 is 11.5 Å². The third-order valence-electron chi connectivity index (χ3n) is 4.12. The number of nitrogens with zero attached hydrogens (tertiary/aromatic N) is 1. The van der Waals surface area contributed by atoms with Crippen LogP contribution in [0.3, 0.4) is 0 Å². The number of hydrogen-bond acceptors (Lipinski definition) is 4. The number of primary amides is 1. The lowest BCUT2D eigenvalue weighted by atomic mass is 9.89. The number of benzene rings is 1. The summed E-state index contributed by atoms with van der Waals surface area (Å²) in [6.45, 7) is 0.583. The van der Waals surface area contributed by atoms with Gasteiger partial charge in [0.15, 0.2) is 6.61 Å². The van der Waals surface area contributed by atoms with Crippen LogP contribution in [-0.4, -0.2) is 47.1 Å². The molecule has 21 heavy (non-hydrogen) atoms. The van der Waals surface area contributed by atoms with Crippen LogP contribution >= 0.6 is 0 Å². The number of amides is 2. The molecule has 0 spiro atoms. The molecule has 2 fully saturated rings. The molecule has 112 valence electrons. The first kappa shape index (κ1) is 13.9. The Morgan fingerprint density at radius 1 is 1.33 bits per heavy atom. The van der Waals surface area contributed by atoms with Crippen LogP contribution in [0.5, 0.6) is 5.75 Å². The van der Waals surface area contributed by atoms with Gasteiger partial charge in [-0.15, -0.1) is 0 Å². The minimum Gasteiger partial charge on any atom is -0.483 e. The van der Waals surface area contributed by atoms with Gasteiger partial charge in [0.1, 0.15) is 11.4 Å². The molecule has 1 saturated heterocycles. The number of rotatable bonds is 5. The summed E-state index contributed by atoms with van der Waals surface area (Å²) in [6, 6.07) is 6.54. The van der Waals surface area contributed by atoms with E-state index in [1.54, 1.807) is 29.2 Å². The monoisotopic (exact) mass is 290 g/mol. The van der Waals surface area contributed by atoms with E-state index in [4.69, 9.17) is 10.5 Å². The fourth-order valence-corrected chi connectivity index (χ4v) is 2.70. The second-order valence-electron chi connectivity index (χ2n) is 5.78. The molecule has 1 saturated carbocycles. The van der Waals surface area contributed by atoms with Crippen molar-refractivity contribution in [3.05, 3.63) is 29.8 Å². The molecule has 1 aliphatic heterocycles. The van der Waals surface area contributed by atoms with Crippen molar-refractivity contribution in [1.82, 2.24) is 4.90 Å². The Hall–Kier alpha value is -2.08. The van der Waals surface area contributed by atoms with Crippen LogP contribution in [0.2, 0.25) is 0 Å². The molecular weight excluding hydrogens is 272 g/mol. The maximum Gasteiger partial charge on any atom is 0.260 e. The molecule has 1 aromatic carbocycles. The number of aliphatic hydroxyl groups is 1. The van der Waals surface area contributed by atoms with Crippen LogP contribution in [-0.2, 0) is 4.79 Å². The highest BCUT2D eigenvalue weighted by atomic mass is 16.5. The lowest BCUT2D eigenvalue weighted by Gasteiger charge is -2.46. The van der Waals surface area contributed by atoms with E-state index in [2.05, 4.69) is 0 Å². The minimum atomic E-state index is -0.694. The van der Waals surface area contributed by atoms with Crippen LogP contribution in [0.25, 0.3) is 0 Å². The van der Waals surface area contributed by atoms with E-state index in [9.17, 15) is 14.7 Å². The molecule has 0 aromatic heterocycles. The number of para-hydroxylation sites is 1. The Kier molecular flexibility index (Phi) is 3.33. The van der Waals surface area contributed by atoms with Gasteiger partial charge in [-0.1, -0.05) is 12.1 Å². The number of hydrogen-bond donors (Lipinski definition) is 2. The molecule has 2 aliphatic rings. The van der Waals surface area contributed by atoms with Crippen molar-refractivity contribution >= 4 is 11.8 Å². The number of nitrogens with two attached hydrogens (primary N) is 1. The summed E-state index contributed by atoms with van der Waals surface area (Å²) < 4.78 is 5.39. The highest BCUT2D eigenvalue weighted by molar-refractivity contribution is 5.95. The van der Waals surface area contributed by atoms with Gasteiger partial charge in [0.25, 0.3) is 11.8 Å². The number of ether oxygens (including phenoxy) is 1. The molecule has 2 amide bonds. The number of likely N-dealkylation sites (tertiary alicyclic amines) is 1. The molecule has 3 rings (SSSR count). The van der Waals surface area contributed by atoms with E-state index in [-0.39, 0.29) is 18.1 Å². The molecule has 0 radical (unpaired) electrons. The third-order valence-corrected chi connectivity index (χ3v) is 4.12. The highest BCUT2D eigenvalue weighted by Gasteiger charge is 2.53. The summed E-state index contributed by atoms with van der Waals surface area (Å²) in [7, 11) is 0. The smallest absolute Gasteiger partial charge is 0.260 e. The topological polar surface area (TPSA) is 92.9 Å². The van der Waals surface area contributed by atoms with Gasteiger partial charge in [-0.3, -0.25) is 9.59 Å². The summed E-state index contributed by atoms with van der Waals surface area (Å²) in [5.41, 5.74) is 4.81. The third kappa shape index (κ3) is 2.71. The Balaban J connectivity index is 1.54. The molecule has 3 N–H and O–H groups in total. The number of carbonyl (C=O) groups is 2. The summed E-state index contributed by atoms with van der Waals surface area (Å²) in [5, 5.41) is 10.2. The summed E-state index contributed by atoms with van der Waals surface area (Å²) in [5.74, 6) is -0.140. The average molecular weight is 290 g/mol. The normalized spacial score (nSPS) is 19.8. The first-order chi connectivity index (χ1) is 9.99. The average Bonchev–Trinajstić information content (AvgIpc) is 3.26. The first-order valence-corrected chi connectivity index (χ1v) is 7.01. The standard InChI is InChI=1S/C15H18N2O4/c16-14(19)11-3-1-2-4-12(11)21-7-13(18)17-8-15(20,9-17)10-5-6-10/h1-4,10,20H,5-9H2,(H2,16,19). The second kappa shape index (κ2) is 5.04. The van der Waals surface area contributed by atoms with Crippen LogP contribution < -0.4 is 10.5 Å². The maximum absolute atomic E-state index is 12.0. The molecule has 0 bridgehead atoms. The van der Waals surface area contributed by atoms with Crippen molar-refractivity contribution < 1.29 is 19.4 Å². The molecular formula is C15H18N2O4. The maximum atomic E-state index is 12.0. The van der Waals surface area contributed by atoms with Crippen LogP contribution in [0.15, 0.2) is 24.3 Å². The molecule has 6 heteroatoms. The van der Waals surface area contributed by atoms with E-state index >= 15 is 0 Å². The summed E-state index contributed by atoms with van der Waals surface area (Å²) in [4.78, 5) is 24.8. The molecule has 1 aromatic rings. The fourth-order valence-electron chi connectivity index (χ4n) is 2.70. The van der Waals surface area contributed by atoms with Gasteiger partial charge in [0.2, 0.25) is 0 Å². The molecule has 0 atom stereocenters. The zero-order valence-electron chi connectivity index (χ0n) is 11.6. The lowest BCUT2D eigenvalue weighted by molar-refractivity contribution is -0.161. The van der Waals surface area contributed by atoms with Crippen molar-refractivity contribution in [1.29, 1.82) is 0 Å². The van der Waals surface area contributed by atoms with Crippen molar-refractivity contribution in [2.75, 3.05) is 19.7 Å². The predicted octanol–water partition coefficient (Wildman–Crippen LogP) is 0.148. The SMILES string of the molecule is NC(=O)c1ccccc1OCC(=O)N1CC(O)(C2CC2)C1. The molecule has 1 aliphatic carbocycles.